The highest BCUT2D eigenvalue weighted by atomic mass is 32.1. The molecule has 1 aromatic carbocycles. The molecule has 1 fully saturated rings. The number of thiophene rings is 1. The number of carbonyl (C=O) groups excluding carboxylic acids is 2. The van der Waals surface area contributed by atoms with Crippen molar-refractivity contribution in [1.82, 2.24) is 24.6 Å². The van der Waals surface area contributed by atoms with Crippen LogP contribution in [0, 0.1) is 0 Å². The number of methoxy groups -OCH3 is 1. The first-order valence-corrected chi connectivity index (χ1v) is 15.1. The van der Waals surface area contributed by atoms with Crippen LogP contribution in [0.3, 0.4) is 0 Å². The summed E-state index contributed by atoms with van der Waals surface area (Å²) in [5, 5.41) is 9.14. The molecule has 0 bridgehead atoms. The van der Waals surface area contributed by atoms with Gasteiger partial charge in [-0.25, -0.2) is 4.98 Å². The van der Waals surface area contributed by atoms with E-state index >= 15 is 0 Å². The molecule has 0 spiro atoms. The number of amides is 2. The molecule has 5 rings (SSSR count). The summed E-state index contributed by atoms with van der Waals surface area (Å²) in [4.78, 5) is 40.0. The van der Waals surface area contributed by atoms with E-state index in [9.17, 15) is 9.59 Å². The third-order valence-electron chi connectivity index (χ3n) is 7.64. The smallest absolute Gasteiger partial charge is 0.257 e. The van der Waals surface area contributed by atoms with Gasteiger partial charge in [-0.15, -0.1) is 11.3 Å². The van der Waals surface area contributed by atoms with Crippen molar-refractivity contribution in [3.05, 3.63) is 60.0 Å². The first-order valence-electron chi connectivity index (χ1n) is 14.3. The Kier molecular flexibility index (Phi) is 9.16. The highest BCUT2D eigenvalue weighted by Crippen LogP contribution is 2.32. The second-order valence-corrected chi connectivity index (χ2v) is 11.5. The van der Waals surface area contributed by atoms with Gasteiger partial charge in [-0.1, -0.05) is 19.4 Å². The number of piperidine rings is 1. The van der Waals surface area contributed by atoms with Gasteiger partial charge in [0.05, 0.1) is 58.9 Å². The van der Waals surface area contributed by atoms with Crippen molar-refractivity contribution in [1.29, 1.82) is 0 Å². The minimum atomic E-state index is -0.0647. The van der Waals surface area contributed by atoms with Gasteiger partial charge in [-0.3, -0.25) is 19.3 Å². The third-order valence-corrected chi connectivity index (χ3v) is 8.60. The molecule has 0 atom stereocenters. The van der Waals surface area contributed by atoms with Crippen molar-refractivity contribution in [2.75, 3.05) is 37.5 Å². The molecule has 0 aliphatic carbocycles. The molecule has 1 aliphatic heterocycles. The number of benzene rings is 1. The minimum absolute atomic E-state index is 0.0172. The normalized spacial score (nSPS) is 13.7. The third kappa shape index (κ3) is 6.62. The van der Waals surface area contributed by atoms with E-state index < -0.39 is 0 Å². The van der Waals surface area contributed by atoms with E-state index in [0.29, 0.717) is 29.1 Å². The summed E-state index contributed by atoms with van der Waals surface area (Å²) in [7, 11) is 5.37. The van der Waals surface area contributed by atoms with E-state index in [1.165, 1.54) is 11.3 Å². The molecule has 4 aromatic rings. The lowest BCUT2D eigenvalue weighted by Crippen LogP contribution is -2.45. The van der Waals surface area contributed by atoms with E-state index in [1.54, 1.807) is 25.6 Å². The average molecular weight is 588 g/mol. The summed E-state index contributed by atoms with van der Waals surface area (Å²) in [6, 6.07) is 7.59. The second kappa shape index (κ2) is 13.2. The Bertz CT molecular complexity index is 1540. The summed E-state index contributed by atoms with van der Waals surface area (Å²) in [6.45, 7) is 3.81. The lowest BCUT2D eigenvalue weighted by atomic mass is 10.0. The molecule has 11 heteroatoms. The molecule has 4 heterocycles. The number of aromatic nitrogens is 4. The van der Waals surface area contributed by atoms with Gasteiger partial charge in [0, 0.05) is 56.8 Å². The highest BCUT2D eigenvalue weighted by Gasteiger charge is 2.28. The van der Waals surface area contributed by atoms with Gasteiger partial charge >= 0.3 is 0 Å². The molecule has 220 valence electrons. The van der Waals surface area contributed by atoms with Gasteiger partial charge in [0.25, 0.3) is 5.91 Å². The van der Waals surface area contributed by atoms with Crippen LogP contribution in [0.4, 0.5) is 11.4 Å². The second-order valence-electron chi connectivity index (χ2n) is 10.6. The first kappa shape index (κ1) is 29.2. The minimum Gasteiger partial charge on any atom is -0.496 e. The van der Waals surface area contributed by atoms with Crippen molar-refractivity contribution in [3.63, 3.8) is 0 Å². The summed E-state index contributed by atoms with van der Waals surface area (Å²) in [5.74, 6) is 0.450. The van der Waals surface area contributed by atoms with E-state index in [4.69, 9.17) is 9.72 Å². The van der Waals surface area contributed by atoms with Crippen LogP contribution >= 0.6 is 11.3 Å². The first-order chi connectivity index (χ1) is 20.4. The van der Waals surface area contributed by atoms with Crippen LogP contribution in [-0.2, 0) is 11.8 Å². The fraction of sp³-hybridized carbons (Fsp3) is 0.387. The van der Waals surface area contributed by atoms with Crippen LogP contribution < -0.4 is 15.0 Å². The average Bonchev–Trinajstić information content (AvgIpc) is 3.68. The van der Waals surface area contributed by atoms with Gasteiger partial charge in [0.15, 0.2) is 0 Å². The van der Waals surface area contributed by atoms with E-state index in [0.717, 1.165) is 60.6 Å². The molecule has 0 saturated carbocycles. The van der Waals surface area contributed by atoms with Gasteiger partial charge in [0.1, 0.15) is 5.75 Å². The lowest BCUT2D eigenvalue weighted by Gasteiger charge is -2.37. The van der Waals surface area contributed by atoms with Gasteiger partial charge < -0.3 is 19.9 Å². The number of nitrogens with zero attached hydrogens (tertiary/aromatic N) is 6. The predicted octanol–water partition coefficient (Wildman–Crippen LogP) is 5.48. The van der Waals surface area contributed by atoms with Gasteiger partial charge in [-0.05, 0) is 37.5 Å². The van der Waals surface area contributed by atoms with Crippen LogP contribution in [-0.4, -0.2) is 69.8 Å². The van der Waals surface area contributed by atoms with Crippen LogP contribution in [0.5, 0.6) is 5.75 Å². The maximum Gasteiger partial charge on any atom is 0.257 e. The fourth-order valence-corrected chi connectivity index (χ4v) is 5.98. The Morgan fingerprint density at radius 1 is 1.14 bits per heavy atom. The quantitative estimate of drug-likeness (QED) is 0.262. The maximum absolute atomic E-state index is 13.6. The Hall–Kier alpha value is -4.25. The predicted molar refractivity (Wildman–Crippen MR) is 166 cm³/mol. The molecule has 10 nitrogen and oxygen atoms in total. The zero-order valence-electron chi connectivity index (χ0n) is 24.5. The SMILES string of the molecule is CCCCC(=O)Nc1csc(-c2cncc(-c3ccc(C(=O)N(C)C4CCN(c5cnn(C)c5)CC4)c(OC)c3)n2)c1. The van der Waals surface area contributed by atoms with Gasteiger partial charge in [-0.2, -0.15) is 5.10 Å². The summed E-state index contributed by atoms with van der Waals surface area (Å²) in [5.41, 5.74) is 4.58. The Morgan fingerprint density at radius 2 is 1.93 bits per heavy atom. The Morgan fingerprint density at radius 3 is 2.64 bits per heavy atom. The topological polar surface area (TPSA) is 105 Å². The Labute approximate surface area is 250 Å². The van der Waals surface area contributed by atoms with Crippen molar-refractivity contribution < 1.29 is 14.3 Å². The van der Waals surface area contributed by atoms with Crippen molar-refractivity contribution in [2.24, 2.45) is 7.05 Å². The molecule has 0 radical (unpaired) electrons. The zero-order chi connectivity index (χ0) is 29.6. The largest absolute Gasteiger partial charge is 0.496 e. The number of hydrogen-bond donors (Lipinski definition) is 1. The molecule has 1 saturated heterocycles. The summed E-state index contributed by atoms with van der Waals surface area (Å²) < 4.78 is 7.48. The molecule has 1 N–H and O–H groups in total. The molecule has 0 unspecified atom stereocenters. The number of rotatable bonds is 10. The number of aryl methyl sites for hydroxylation is 1. The van der Waals surface area contributed by atoms with Crippen molar-refractivity contribution in [2.45, 2.75) is 45.1 Å². The van der Waals surface area contributed by atoms with Gasteiger partial charge in [0.2, 0.25) is 5.91 Å². The van der Waals surface area contributed by atoms with Crippen molar-refractivity contribution in [3.8, 4) is 27.6 Å². The van der Waals surface area contributed by atoms with E-state index in [2.05, 4.69) is 27.2 Å². The molecule has 2 amide bonds. The number of anilines is 2. The standard InChI is InChI=1S/C31H37N7O3S/c1-5-6-7-30(39)34-22-15-29(42-20-22)27-18-32-17-26(35-27)21-8-9-25(28(14-21)41-4)31(40)37(3)23-10-12-38(13-11-23)24-16-33-36(2)19-24/h8-9,14-20,23H,5-7,10-13H2,1-4H3,(H,34,39). The number of unbranched alkanes of at least 4 members (excludes halogenated alkanes) is 1. The molecule has 1 aliphatic rings. The monoisotopic (exact) mass is 587 g/mol. The zero-order valence-corrected chi connectivity index (χ0v) is 25.4. The van der Waals surface area contributed by atoms with Crippen molar-refractivity contribution >= 4 is 34.5 Å². The number of carbonyl (C=O) groups is 2. The van der Waals surface area contributed by atoms with Crippen LogP contribution in [0.15, 0.2) is 54.4 Å². The van der Waals surface area contributed by atoms with Crippen LogP contribution in [0.1, 0.15) is 49.4 Å². The Balaban J connectivity index is 1.27. The fourth-order valence-electron chi connectivity index (χ4n) is 5.19. The highest BCUT2D eigenvalue weighted by molar-refractivity contribution is 7.14. The lowest BCUT2D eigenvalue weighted by molar-refractivity contribution is -0.116. The number of nitrogens with one attached hydrogen (secondary N) is 1. The van der Waals surface area contributed by atoms with Crippen LogP contribution in [0.25, 0.3) is 21.8 Å². The van der Waals surface area contributed by atoms with E-state index in [-0.39, 0.29) is 17.9 Å². The molecule has 42 heavy (non-hydrogen) atoms. The molecular formula is C31H37N7O3S. The molecule has 3 aromatic heterocycles. The van der Waals surface area contributed by atoms with Crippen LogP contribution in [0.2, 0.25) is 0 Å². The summed E-state index contributed by atoms with van der Waals surface area (Å²) >= 11 is 1.50. The summed E-state index contributed by atoms with van der Waals surface area (Å²) in [6.07, 6.45) is 11.4. The maximum atomic E-state index is 13.6. The van der Waals surface area contributed by atoms with E-state index in [1.807, 2.05) is 59.6 Å². The molecular weight excluding hydrogens is 550 g/mol. The number of ether oxygens (including phenoxy) is 1. The number of hydrogen-bond acceptors (Lipinski definition) is 8.